The van der Waals surface area contributed by atoms with E-state index in [4.69, 9.17) is 14.2 Å². The lowest BCUT2D eigenvalue weighted by Gasteiger charge is -2.44. The number of hydrogen-bond donors (Lipinski definition) is 7. The van der Waals surface area contributed by atoms with Crippen LogP contribution in [0.5, 0.6) is 0 Å². The Morgan fingerprint density at radius 3 is 2.42 bits per heavy atom. The lowest BCUT2D eigenvalue weighted by Crippen LogP contribution is -2.59. The van der Waals surface area contributed by atoms with Crippen molar-refractivity contribution in [2.45, 2.75) is 154 Å². The van der Waals surface area contributed by atoms with Crippen molar-refractivity contribution in [1.29, 1.82) is 0 Å². The summed E-state index contributed by atoms with van der Waals surface area (Å²) in [6, 6.07) is -0.531. The van der Waals surface area contributed by atoms with E-state index in [-0.39, 0.29) is 24.9 Å². The van der Waals surface area contributed by atoms with Crippen LogP contribution in [0.3, 0.4) is 0 Å². The topological polar surface area (TPSA) is 186 Å². The lowest BCUT2D eigenvalue weighted by molar-refractivity contribution is -0.289. The lowest BCUT2D eigenvalue weighted by atomic mass is 9.78. The molecular weight excluding hydrogens is 664 g/mol. The Hall–Kier alpha value is -1.30. The summed E-state index contributed by atoms with van der Waals surface area (Å²) in [6.07, 6.45) is -2.49. The number of ether oxygens (including phenoxy) is 3. The maximum absolute atomic E-state index is 13.5. The van der Waals surface area contributed by atoms with Crippen molar-refractivity contribution in [3.63, 3.8) is 0 Å². The molecule has 3 heterocycles. The summed E-state index contributed by atoms with van der Waals surface area (Å²) < 4.78 is 18.1. The Bertz CT molecular complexity index is 1130. The Morgan fingerprint density at radius 2 is 1.76 bits per heavy atom. The van der Waals surface area contributed by atoms with Gasteiger partial charge in [-0.25, -0.2) is 4.98 Å². The van der Waals surface area contributed by atoms with Gasteiger partial charge >= 0.3 is 5.97 Å². The molecule has 0 amide bonds. The van der Waals surface area contributed by atoms with Gasteiger partial charge in [-0.2, -0.15) is 0 Å². The molecule has 2 fully saturated rings. The van der Waals surface area contributed by atoms with E-state index in [1.54, 1.807) is 38.3 Å². The van der Waals surface area contributed by atoms with Crippen LogP contribution in [0.2, 0.25) is 0 Å². The van der Waals surface area contributed by atoms with E-state index < -0.39 is 71.9 Å². The van der Waals surface area contributed by atoms with Crippen molar-refractivity contribution in [1.82, 2.24) is 20.5 Å². The van der Waals surface area contributed by atoms with Crippen LogP contribution in [-0.4, -0.2) is 134 Å². The predicted octanol–water partition coefficient (Wildman–Crippen LogP) is 2.03. The Labute approximate surface area is 303 Å². The van der Waals surface area contributed by atoms with Gasteiger partial charge in [0.2, 0.25) is 0 Å². The Morgan fingerprint density at radius 1 is 1.06 bits per heavy atom. The number of esters is 1. The molecule has 2 saturated heterocycles. The fourth-order valence-electron chi connectivity index (χ4n) is 7.54. The molecular formula is C36H66N4O9S. The number of hydrogen-bond acceptors (Lipinski definition) is 14. The number of carbonyl (C=O) groups is 1. The molecule has 0 aliphatic carbocycles. The average molecular weight is 731 g/mol. The number of cyclic esters (lactones) is 1. The number of aromatic nitrogens is 1. The molecule has 0 saturated carbocycles. The Kier molecular flexibility index (Phi) is 17.0. The van der Waals surface area contributed by atoms with Gasteiger partial charge in [-0.1, -0.05) is 20.8 Å². The van der Waals surface area contributed by atoms with Crippen LogP contribution in [0.25, 0.3) is 0 Å². The monoisotopic (exact) mass is 730 g/mol. The molecule has 0 unspecified atom stereocenters. The summed E-state index contributed by atoms with van der Waals surface area (Å²) in [5.74, 6) is -2.68. The summed E-state index contributed by atoms with van der Waals surface area (Å²) in [6.45, 7) is 18.1. The minimum Gasteiger partial charge on any atom is -0.459 e. The number of rotatable bonds is 12. The molecule has 50 heavy (non-hydrogen) atoms. The highest BCUT2D eigenvalue weighted by atomic mass is 32.1. The van der Waals surface area contributed by atoms with E-state index >= 15 is 0 Å². The minimum atomic E-state index is -1.79. The molecule has 3 rings (SSSR count). The average Bonchev–Trinajstić information content (AvgIpc) is 3.59. The van der Waals surface area contributed by atoms with Gasteiger partial charge in [-0.15, -0.1) is 11.3 Å². The molecule has 2 aliphatic rings. The van der Waals surface area contributed by atoms with Crippen LogP contribution in [0.4, 0.5) is 0 Å². The Balaban J connectivity index is 1.82. The summed E-state index contributed by atoms with van der Waals surface area (Å²) in [7, 11) is 0. The first kappa shape index (κ1) is 43.1. The number of aliphatic hydroxyl groups is 5. The molecule has 2 aliphatic heterocycles. The maximum Gasteiger partial charge on any atom is 0.311 e. The van der Waals surface area contributed by atoms with E-state index in [9.17, 15) is 30.3 Å². The smallest absolute Gasteiger partial charge is 0.311 e. The largest absolute Gasteiger partial charge is 0.459 e. The molecule has 1 aromatic rings. The van der Waals surface area contributed by atoms with Gasteiger partial charge in [-0.05, 0) is 85.7 Å². The van der Waals surface area contributed by atoms with Gasteiger partial charge in [0.05, 0.1) is 29.8 Å². The molecule has 0 aromatic carbocycles. The third kappa shape index (κ3) is 11.9. The van der Waals surface area contributed by atoms with E-state index in [2.05, 4.69) is 20.5 Å². The van der Waals surface area contributed by atoms with Crippen LogP contribution in [0.1, 0.15) is 92.5 Å². The second-order valence-corrected chi connectivity index (χ2v) is 16.2. The van der Waals surface area contributed by atoms with Gasteiger partial charge in [0.25, 0.3) is 0 Å². The first-order valence-electron chi connectivity index (χ1n) is 18.5. The van der Waals surface area contributed by atoms with Crippen LogP contribution in [0.15, 0.2) is 11.6 Å². The highest BCUT2D eigenvalue weighted by Gasteiger charge is 2.49. The third-order valence-corrected chi connectivity index (χ3v) is 11.4. The molecule has 290 valence electrons. The zero-order chi connectivity index (χ0) is 37.2. The molecule has 13 atom stereocenters. The summed E-state index contributed by atoms with van der Waals surface area (Å²) in [4.78, 5) is 19.9. The van der Waals surface area contributed by atoms with E-state index in [0.29, 0.717) is 25.9 Å². The SMILES string of the molecule is CC[C@H]1OC(=O)[C@H](C)[C@@H](O)[C@H](C)[C@@H](O[C@@H]2O[C@H](C)CC[C@H]2O)[C@](C)(O)C[C@@H](C)CN(CCCNCCNCc2nccs2)[C@H](C)[C@@H](O)[C@]1(C)O. The van der Waals surface area contributed by atoms with Crippen molar-refractivity contribution < 1.29 is 44.5 Å². The second kappa shape index (κ2) is 19.7. The van der Waals surface area contributed by atoms with E-state index in [0.717, 1.165) is 37.6 Å². The first-order chi connectivity index (χ1) is 23.5. The quantitative estimate of drug-likeness (QED) is 0.123. The summed E-state index contributed by atoms with van der Waals surface area (Å²) >= 11 is 1.62. The number of thiazole rings is 1. The molecule has 1 aromatic heterocycles. The van der Waals surface area contributed by atoms with Crippen LogP contribution < -0.4 is 10.6 Å². The molecule has 0 radical (unpaired) electrons. The van der Waals surface area contributed by atoms with Gasteiger partial charge < -0.3 is 50.4 Å². The molecule has 0 spiro atoms. The number of nitrogens with one attached hydrogen (secondary N) is 2. The van der Waals surface area contributed by atoms with Gasteiger partial charge in [0, 0.05) is 49.7 Å². The van der Waals surface area contributed by atoms with E-state index in [1.165, 1.54) is 13.8 Å². The van der Waals surface area contributed by atoms with Crippen LogP contribution >= 0.6 is 11.3 Å². The number of aliphatic hydroxyl groups excluding tert-OH is 3. The fraction of sp³-hybridized carbons (Fsp3) is 0.889. The van der Waals surface area contributed by atoms with E-state index in [1.807, 2.05) is 26.2 Å². The van der Waals surface area contributed by atoms with Gasteiger partial charge in [0.15, 0.2) is 6.29 Å². The zero-order valence-corrected chi connectivity index (χ0v) is 32.3. The molecule has 13 nitrogen and oxygen atoms in total. The normalized spacial score (nSPS) is 40.2. The van der Waals surface area contributed by atoms with Crippen LogP contribution in [0, 0.1) is 17.8 Å². The maximum atomic E-state index is 13.5. The number of nitrogens with zero attached hydrogens (tertiary/aromatic N) is 2. The van der Waals surface area contributed by atoms with Crippen molar-refractivity contribution in [3.05, 3.63) is 16.6 Å². The predicted molar refractivity (Wildman–Crippen MR) is 192 cm³/mol. The van der Waals surface area contributed by atoms with Gasteiger partial charge in [0.1, 0.15) is 28.9 Å². The minimum absolute atomic E-state index is 0.124. The highest BCUT2D eigenvalue weighted by Crippen LogP contribution is 2.36. The van der Waals surface area contributed by atoms with Crippen molar-refractivity contribution in [2.75, 3.05) is 32.7 Å². The fourth-order valence-corrected chi connectivity index (χ4v) is 8.13. The summed E-state index contributed by atoms with van der Waals surface area (Å²) in [5.41, 5.74) is -3.29. The van der Waals surface area contributed by atoms with Crippen molar-refractivity contribution in [2.24, 2.45) is 17.8 Å². The number of carbonyl (C=O) groups excluding carboxylic acids is 1. The zero-order valence-electron chi connectivity index (χ0n) is 31.5. The van der Waals surface area contributed by atoms with Crippen molar-refractivity contribution in [3.8, 4) is 0 Å². The molecule has 7 N–H and O–H groups in total. The molecule has 14 heteroatoms. The van der Waals surface area contributed by atoms with Gasteiger partial charge in [-0.3, -0.25) is 9.69 Å². The highest BCUT2D eigenvalue weighted by molar-refractivity contribution is 7.09. The second-order valence-electron chi connectivity index (χ2n) is 15.3. The standard InChI is InChI=1S/C36H66N4O9S/c1-9-28-36(8,46)31(43)26(6)40(17-10-13-37-14-15-38-20-29-39-16-18-50-29)21-22(2)19-35(7,45)32(24(4)30(42)25(5)33(44)48-28)49-34-27(41)12-11-23(3)47-34/h16,18,22-28,30-32,34,37-38,41-43,45-46H,9-15,17,19-21H2,1-8H3/t22-,23-,24+,25-,26-,27-,28-,30+,31-,32-,34+,35-,36-/m1/s1. The third-order valence-electron chi connectivity index (χ3n) is 10.6. The van der Waals surface area contributed by atoms with Crippen LogP contribution in [-0.2, 0) is 25.5 Å². The van der Waals surface area contributed by atoms with Crippen molar-refractivity contribution >= 4 is 17.3 Å². The molecule has 0 bridgehead atoms. The summed E-state index contributed by atoms with van der Waals surface area (Å²) in [5, 5.41) is 67.6. The first-order valence-corrected chi connectivity index (χ1v) is 19.4.